The van der Waals surface area contributed by atoms with Gasteiger partial charge in [-0.15, -0.1) is 0 Å². The number of anilines is 1. The van der Waals surface area contributed by atoms with E-state index in [0.29, 0.717) is 5.75 Å². The standard InChI is InChI=1S/C21H22N2OS/c1-4-16-12-17-9-8-15(3)11-19(17)23-21(16)25-13-20(24)22-18-7-5-6-14(2)10-18/h5-12H,4,13H2,1-3H3,(H,22,24). The third kappa shape index (κ3) is 4.40. The molecule has 1 heterocycles. The summed E-state index contributed by atoms with van der Waals surface area (Å²) < 4.78 is 0. The summed E-state index contributed by atoms with van der Waals surface area (Å²) in [6.45, 7) is 6.20. The van der Waals surface area contributed by atoms with Gasteiger partial charge in [0.1, 0.15) is 5.03 Å². The lowest BCUT2D eigenvalue weighted by molar-refractivity contribution is -0.113. The molecule has 0 saturated carbocycles. The highest BCUT2D eigenvalue weighted by molar-refractivity contribution is 8.00. The van der Waals surface area contributed by atoms with Gasteiger partial charge in [-0.25, -0.2) is 4.98 Å². The van der Waals surface area contributed by atoms with Crippen LogP contribution in [0, 0.1) is 13.8 Å². The number of fused-ring (bicyclic) bond motifs is 1. The van der Waals surface area contributed by atoms with Crippen molar-refractivity contribution < 1.29 is 4.79 Å². The molecule has 0 radical (unpaired) electrons. The van der Waals surface area contributed by atoms with E-state index in [4.69, 9.17) is 4.98 Å². The molecular formula is C21H22N2OS. The Balaban J connectivity index is 1.74. The smallest absolute Gasteiger partial charge is 0.234 e. The predicted octanol–water partition coefficient (Wildman–Crippen LogP) is 5.14. The van der Waals surface area contributed by atoms with Crippen LogP contribution in [0.5, 0.6) is 0 Å². The average Bonchev–Trinajstić information content (AvgIpc) is 2.59. The molecule has 1 aromatic heterocycles. The van der Waals surface area contributed by atoms with Gasteiger partial charge in [0.25, 0.3) is 0 Å². The van der Waals surface area contributed by atoms with Gasteiger partial charge < -0.3 is 5.32 Å². The van der Waals surface area contributed by atoms with Crippen molar-refractivity contribution in [1.29, 1.82) is 0 Å². The van der Waals surface area contributed by atoms with Crippen LogP contribution in [0.3, 0.4) is 0 Å². The third-order valence-corrected chi connectivity index (χ3v) is 5.07. The molecule has 0 unspecified atom stereocenters. The van der Waals surface area contributed by atoms with Crippen LogP contribution in [-0.2, 0) is 11.2 Å². The van der Waals surface area contributed by atoms with Gasteiger partial charge in [-0.05, 0) is 61.2 Å². The number of hydrogen-bond acceptors (Lipinski definition) is 3. The molecular weight excluding hydrogens is 328 g/mol. The van der Waals surface area contributed by atoms with Crippen molar-refractivity contribution in [3.63, 3.8) is 0 Å². The maximum absolute atomic E-state index is 12.3. The van der Waals surface area contributed by atoms with Gasteiger partial charge in [-0.2, -0.15) is 0 Å². The molecule has 4 heteroatoms. The fourth-order valence-electron chi connectivity index (χ4n) is 2.74. The first-order chi connectivity index (χ1) is 12.0. The number of nitrogens with one attached hydrogen (secondary N) is 1. The van der Waals surface area contributed by atoms with Crippen LogP contribution in [0.4, 0.5) is 5.69 Å². The molecule has 1 amide bonds. The quantitative estimate of drug-likeness (QED) is 0.648. The maximum Gasteiger partial charge on any atom is 0.234 e. The molecule has 0 bridgehead atoms. The lowest BCUT2D eigenvalue weighted by Gasteiger charge is -2.10. The summed E-state index contributed by atoms with van der Waals surface area (Å²) in [4.78, 5) is 17.0. The monoisotopic (exact) mass is 350 g/mol. The van der Waals surface area contributed by atoms with Gasteiger partial charge in [0, 0.05) is 11.1 Å². The Kier molecular flexibility index (Phi) is 5.39. The summed E-state index contributed by atoms with van der Waals surface area (Å²) >= 11 is 1.50. The van der Waals surface area contributed by atoms with E-state index in [2.05, 4.69) is 43.4 Å². The van der Waals surface area contributed by atoms with Crippen LogP contribution in [0.2, 0.25) is 0 Å². The lowest BCUT2D eigenvalue weighted by Crippen LogP contribution is -2.14. The van der Waals surface area contributed by atoms with Gasteiger partial charge >= 0.3 is 0 Å². The Hall–Kier alpha value is -2.33. The predicted molar refractivity (Wildman–Crippen MR) is 106 cm³/mol. The van der Waals surface area contributed by atoms with Crippen LogP contribution in [0.1, 0.15) is 23.6 Å². The fourth-order valence-corrected chi connectivity index (χ4v) is 3.63. The van der Waals surface area contributed by atoms with Crippen LogP contribution < -0.4 is 5.32 Å². The normalized spacial score (nSPS) is 10.8. The zero-order valence-electron chi connectivity index (χ0n) is 14.8. The van der Waals surface area contributed by atoms with E-state index in [1.165, 1.54) is 22.9 Å². The molecule has 0 aliphatic carbocycles. The molecule has 1 N–H and O–H groups in total. The summed E-state index contributed by atoms with van der Waals surface area (Å²) in [7, 11) is 0. The molecule has 3 nitrogen and oxygen atoms in total. The number of carbonyl (C=O) groups is 1. The third-order valence-electron chi connectivity index (χ3n) is 4.04. The summed E-state index contributed by atoms with van der Waals surface area (Å²) in [5.41, 5.74) is 5.33. The first-order valence-corrected chi connectivity index (χ1v) is 9.43. The minimum absolute atomic E-state index is 0.0104. The molecule has 0 spiro atoms. The topological polar surface area (TPSA) is 42.0 Å². The van der Waals surface area contributed by atoms with Crippen LogP contribution in [-0.4, -0.2) is 16.6 Å². The van der Waals surface area contributed by atoms with Crippen molar-refractivity contribution in [1.82, 2.24) is 4.98 Å². The van der Waals surface area contributed by atoms with Crippen molar-refractivity contribution in [2.45, 2.75) is 32.2 Å². The van der Waals surface area contributed by atoms with Crippen LogP contribution in [0.15, 0.2) is 53.6 Å². The van der Waals surface area contributed by atoms with Crippen LogP contribution >= 0.6 is 11.8 Å². The number of aromatic nitrogens is 1. The van der Waals surface area contributed by atoms with E-state index < -0.39 is 0 Å². The molecule has 0 fully saturated rings. The summed E-state index contributed by atoms with van der Waals surface area (Å²) in [5, 5.41) is 5.04. The number of amides is 1. The minimum atomic E-state index is -0.0104. The number of hydrogen-bond donors (Lipinski definition) is 1. The average molecular weight is 350 g/mol. The largest absolute Gasteiger partial charge is 0.325 e. The zero-order valence-corrected chi connectivity index (χ0v) is 15.6. The summed E-state index contributed by atoms with van der Waals surface area (Å²) in [6, 6.07) is 16.3. The van der Waals surface area contributed by atoms with E-state index in [0.717, 1.165) is 33.6 Å². The van der Waals surface area contributed by atoms with Gasteiger partial charge in [-0.1, -0.05) is 43.0 Å². The molecule has 3 aromatic rings. The van der Waals surface area contributed by atoms with Gasteiger partial charge in [0.15, 0.2) is 0 Å². The van der Waals surface area contributed by atoms with Gasteiger partial charge in [0.2, 0.25) is 5.91 Å². The summed E-state index contributed by atoms with van der Waals surface area (Å²) in [6.07, 6.45) is 0.901. The van der Waals surface area contributed by atoms with E-state index in [1.54, 1.807) is 0 Å². The summed E-state index contributed by atoms with van der Waals surface area (Å²) in [5.74, 6) is 0.342. The van der Waals surface area contributed by atoms with Crippen molar-refractivity contribution in [2.75, 3.05) is 11.1 Å². The number of pyridine rings is 1. The highest BCUT2D eigenvalue weighted by Gasteiger charge is 2.10. The van der Waals surface area contributed by atoms with E-state index in [1.807, 2.05) is 31.2 Å². The number of rotatable bonds is 5. The number of benzene rings is 2. The molecule has 0 saturated heterocycles. The number of thioether (sulfide) groups is 1. The zero-order chi connectivity index (χ0) is 17.8. The molecule has 25 heavy (non-hydrogen) atoms. The van der Waals surface area contributed by atoms with Crippen LogP contribution in [0.25, 0.3) is 10.9 Å². The van der Waals surface area contributed by atoms with E-state index in [9.17, 15) is 4.79 Å². The maximum atomic E-state index is 12.3. The van der Waals surface area contributed by atoms with Gasteiger partial charge in [-0.3, -0.25) is 4.79 Å². The second-order valence-electron chi connectivity index (χ2n) is 6.21. The van der Waals surface area contributed by atoms with E-state index >= 15 is 0 Å². The minimum Gasteiger partial charge on any atom is -0.325 e. The highest BCUT2D eigenvalue weighted by Crippen LogP contribution is 2.26. The lowest BCUT2D eigenvalue weighted by atomic mass is 10.1. The molecule has 128 valence electrons. The number of carbonyl (C=O) groups excluding carboxylic acids is 1. The first kappa shape index (κ1) is 17.5. The molecule has 2 aromatic carbocycles. The molecule has 0 aliphatic rings. The van der Waals surface area contributed by atoms with Crippen molar-refractivity contribution >= 4 is 34.3 Å². The number of aryl methyl sites for hydroxylation is 3. The number of nitrogens with zero attached hydrogens (tertiary/aromatic N) is 1. The second kappa shape index (κ2) is 7.70. The fraction of sp³-hybridized carbons (Fsp3) is 0.238. The molecule has 3 rings (SSSR count). The Bertz CT molecular complexity index is 921. The second-order valence-corrected chi connectivity index (χ2v) is 7.17. The Morgan fingerprint density at radius 1 is 1.08 bits per heavy atom. The Morgan fingerprint density at radius 3 is 2.64 bits per heavy atom. The van der Waals surface area contributed by atoms with Gasteiger partial charge in [0.05, 0.1) is 11.3 Å². The van der Waals surface area contributed by atoms with Crippen molar-refractivity contribution in [2.24, 2.45) is 0 Å². The Labute approximate surface area is 152 Å². The molecule has 0 aliphatic heterocycles. The Morgan fingerprint density at radius 2 is 1.88 bits per heavy atom. The SMILES string of the molecule is CCc1cc2ccc(C)cc2nc1SCC(=O)Nc1cccc(C)c1. The molecule has 0 atom stereocenters. The first-order valence-electron chi connectivity index (χ1n) is 8.45. The van der Waals surface area contributed by atoms with Crippen molar-refractivity contribution in [3.05, 3.63) is 65.2 Å². The highest BCUT2D eigenvalue weighted by atomic mass is 32.2. The van der Waals surface area contributed by atoms with Crippen molar-refractivity contribution in [3.8, 4) is 0 Å². The van der Waals surface area contributed by atoms with E-state index in [-0.39, 0.29) is 5.91 Å².